The zero-order chi connectivity index (χ0) is 18.4. The van der Waals surface area contributed by atoms with Crippen LogP contribution in [0.2, 0.25) is 0 Å². The number of ether oxygens (including phenoxy) is 1. The van der Waals surface area contributed by atoms with Crippen LogP contribution in [0.15, 0.2) is 36.8 Å². The van der Waals surface area contributed by atoms with Crippen molar-refractivity contribution in [2.45, 2.75) is 18.9 Å². The topological polar surface area (TPSA) is 117 Å². The Balaban J connectivity index is 1.68. The number of nitrogens with zero attached hydrogens (tertiary/aromatic N) is 2. The molecule has 0 saturated carbocycles. The minimum Gasteiger partial charge on any atom is -0.495 e. The van der Waals surface area contributed by atoms with Crippen molar-refractivity contribution in [1.82, 2.24) is 15.3 Å². The van der Waals surface area contributed by atoms with Crippen LogP contribution in [-0.4, -0.2) is 41.6 Å². The molecule has 0 bridgehead atoms. The third-order valence-electron chi connectivity index (χ3n) is 3.90. The Hall–Kier alpha value is -3.20. The van der Waals surface area contributed by atoms with Gasteiger partial charge in [-0.25, -0.2) is 9.78 Å². The van der Waals surface area contributed by atoms with Crippen molar-refractivity contribution in [1.29, 1.82) is 0 Å². The molecule has 0 spiro atoms. The van der Waals surface area contributed by atoms with Gasteiger partial charge >= 0.3 is 6.03 Å². The predicted molar refractivity (Wildman–Crippen MR) is 97.3 cm³/mol. The lowest BCUT2D eigenvalue weighted by atomic mass is 10.2. The highest BCUT2D eigenvalue weighted by Gasteiger charge is 2.22. The van der Waals surface area contributed by atoms with Crippen molar-refractivity contribution in [2.24, 2.45) is 0 Å². The molecule has 3 amide bonds. The minimum atomic E-state index is -0.496. The lowest BCUT2D eigenvalue weighted by Crippen LogP contribution is -2.35. The second-order valence-electron chi connectivity index (χ2n) is 5.72. The first-order valence-electron chi connectivity index (χ1n) is 8.22. The van der Waals surface area contributed by atoms with E-state index in [-0.39, 0.29) is 11.9 Å². The molecule has 3 rings (SSSR count). The molecule has 1 aliphatic rings. The van der Waals surface area contributed by atoms with E-state index in [1.807, 2.05) is 0 Å². The molecule has 1 atom stereocenters. The van der Waals surface area contributed by atoms with Crippen LogP contribution in [0.3, 0.4) is 0 Å². The molecule has 0 aliphatic carbocycles. The summed E-state index contributed by atoms with van der Waals surface area (Å²) in [6, 6.07) is 4.35. The maximum Gasteiger partial charge on any atom is 0.325 e. The molecule has 136 valence electrons. The Labute approximate surface area is 150 Å². The average Bonchev–Trinajstić information content (AvgIpc) is 3.17. The van der Waals surface area contributed by atoms with Gasteiger partial charge in [-0.3, -0.25) is 15.1 Å². The maximum atomic E-state index is 12.2. The van der Waals surface area contributed by atoms with E-state index in [4.69, 9.17) is 4.74 Å². The molecule has 9 nitrogen and oxygen atoms in total. The van der Waals surface area contributed by atoms with Gasteiger partial charge in [-0.05, 0) is 37.6 Å². The van der Waals surface area contributed by atoms with Gasteiger partial charge in [0.1, 0.15) is 5.75 Å². The monoisotopic (exact) mass is 356 g/mol. The number of anilines is 3. The van der Waals surface area contributed by atoms with Crippen molar-refractivity contribution in [2.75, 3.05) is 29.6 Å². The van der Waals surface area contributed by atoms with Crippen molar-refractivity contribution in [3.8, 4) is 5.75 Å². The molecule has 1 saturated heterocycles. The summed E-state index contributed by atoms with van der Waals surface area (Å²) in [4.78, 5) is 32.2. The first-order chi connectivity index (χ1) is 12.7. The van der Waals surface area contributed by atoms with Crippen LogP contribution >= 0.6 is 0 Å². The number of benzene rings is 1. The summed E-state index contributed by atoms with van der Waals surface area (Å²) in [6.45, 7) is 0.843. The molecule has 2 aromatic rings. The number of methoxy groups -OCH3 is 1. The van der Waals surface area contributed by atoms with Crippen LogP contribution in [0.5, 0.6) is 5.75 Å². The number of aromatic nitrogens is 2. The molecule has 1 aliphatic heterocycles. The first-order valence-corrected chi connectivity index (χ1v) is 8.22. The van der Waals surface area contributed by atoms with E-state index in [9.17, 15) is 9.59 Å². The fourth-order valence-corrected chi connectivity index (χ4v) is 2.65. The number of urea groups is 1. The van der Waals surface area contributed by atoms with E-state index in [0.717, 1.165) is 19.4 Å². The number of rotatable bonds is 5. The van der Waals surface area contributed by atoms with Crippen LogP contribution in [0.1, 0.15) is 12.8 Å². The second-order valence-corrected chi connectivity index (χ2v) is 5.72. The number of carbonyl (C=O) groups excluding carboxylic acids is 2. The van der Waals surface area contributed by atoms with Gasteiger partial charge in [-0.15, -0.1) is 0 Å². The molecular formula is C17H20N6O3. The SMILES string of the molecule is COc1ccc(NC(=O)[C@@H]2CCCN2)cc1NC(=O)Nc1cnccn1. The van der Waals surface area contributed by atoms with Crippen LogP contribution in [-0.2, 0) is 4.79 Å². The lowest BCUT2D eigenvalue weighted by Gasteiger charge is -2.15. The van der Waals surface area contributed by atoms with Crippen molar-refractivity contribution >= 4 is 29.1 Å². The quantitative estimate of drug-likeness (QED) is 0.649. The molecule has 0 unspecified atom stereocenters. The van der Waals surface area contributed by atoms with E-state index < -0.39 is 6.03 Å². The van der Waals surface area contributed by atoms with E-state index in [0.29, 0.717) is 22.9 Å². The molecule has 2 heterocycles. The highest BCUT2D eigenvalue weighted by Crippen LogP contribution is 2.28. The maximum absolute atomic E-state index is 12.2. The van der Waals surface area contributed by atoms with E-state index in [2.05, 4.69) is 31.2 Å². The first kappa shape index (κ1) is 17.6. The van der Waals surface area contributed by atoms with Crippen LogP contribution in [0.4, 0.5) is 22.0 Å². The van der Waals surface area contributed by atoms with E-state index >= 15 is 0 Å². The van der Waals surface area contributed by atoms with Gasteiger partial charge in [-0.2, -0.15) is 0 Å². The third-order valence-corrected chi connectivity index (χ3v) is 3.90. The highest BCUT2D eigenvalue weighted by atomic mass is 16.5. The van der Waals surface area contributed by atoms with Gasteiger partial charge in [-0.1, -0.05) is 0 Å². The lowest BCUT2D eigenvalue weighted by molar-refractivity contribution is -0.117. The van der Waals surface area contributed by atoms with Crippen molar-refractivity contribution < 1.29 is 14.3 Å². The summed E-state index contributed by atoms with van der Waals surface area (Å²) in [5.41, 5.74) is 0.991. The van der Waals surface area contributed by atoms with Crippen molar-refractivity contribution in [3.05, 3.63) is 36.8 Å². The summed E-state index contributed by atoms with van der Waals surface area (Å²) < 4.78 is 5.26. The fourth-order valence-electron chi connectivity index (χ4n) is 2.65. The van der Waals surface area contributed by atoms with Gasteiger partial charge in [0.25, 0.3) is 0 Å². The number of hydrogen-bond donors (Lipinski definition) is 4. The number of hydrogen-bond acceptors (Lipinski definition) is 6. The standard InChI is InChI=1S/C17H20N6O3/c1-26-14-5-4-11(21-16(24)12-3-2-6-19-12)9-13(14)22-17(25)23-15-10-18-7-8-20-15/h4-5,7-10,12,19H,2-3,6H2,1H3,(H,21,24)(H2,20,22,23,25)/t12-/m0/s1. The Morgan fingerprint density at radius 1 is 1.23 bits per heavy atom. The zero-order valence-electron chi connectivity index (χ0n) is 14.3. The number of carbonyl (C=O) groups is 2. The van der Waals surface area contributed by atoms with Gasteiger partial charge in [0, 0.05) is 18.1 Å². The Bertz CT molecular complexity index is 777. The van der Waals surface area contributed by atoms with Gasteiger partial charge < -0.3 is 20.7 Å². The summed E-state index contributed by atoms with van der Waals surface area (Å²) in [5.74, 6) is 0.694. The average molecular weight is 356 g/mol. The molecule has 26 heavy (non-hydrogen) atoms. The minimum absolute atomic E-state index is 0.0948. The van der Waals surface area contributed by atoms with Gasteiger partial charge in [0.2, 0.25) is 5.91 Å². The normalized spacial score (nSPS) is 16.0. The zero-order valence-corrected chi connectivity index (χ0v) is 14.3. The van der Waals surface area contributed by atoms with Gasteiger partial charge in [0.15, 0.2) is 5.82 Å². The predicted octanol–water partition coefficient (Wildman–Crippen LogP) is 1.82. The Morgan fingerprint density at radius 2 is 2.12 bits per heavy atom. The smallest absolute Gasteiger partial charge is 0.325 e. The Kier molecular flexibility index (Phi) is 5.59. The summed E-state index contributed by atoms with van der Waals surface area (Å²) in [7, 11) is 1.50. The highest BCUT2D eigenvalue weighted by molar-refractivity contribution is 6.01. The molecule has 1 aromatic carbocycles. The second kappa shape index (κ2) is 8.26. The summed E-state index contributed by atoms with van der Waals surface area (Å²) in [5, 5.41) is 11.2. The fraction of sp³-hybridized carbons (Fsp3) is 0.294. The van der Waals surface area contributed by atoms with E-state index in [1.54, 1.807) is 18.2 Å². The molecular weight excluding hydrogens is 336 g/mol. The molecule has 0 radical (unpaired) electrons. The molecule has 1 fully saturated rings. The van der Waals surface area contributed by atoms with Crippen LogP contribution in [0, 0.1) is 0 Å². The number of amides is 3. The van der Waals surface area contributed by atoms with Crippen LogP contribution < -0.4 is 26.0 Å². The molecule has 4 N–H and O–H groups in total. The molecule has 1 aromatic heterocycles. The van der Waals surface area contributed by atoms with Gasteiger partial charge in [0.05, 0.1) is 25.0 Å². The summed E-state index contributed by atoms with van der Waals surface area (Å²) in [6.07, 6.45) is 6.21. The largest absolute Gasteiger partial charge is 0.495 e. The van der Waals surface area contributed by atoms with E-state index in [1.165, 1.54) is 25.7 Å². The summed E-state index contributed by atoms with van der Waals surface area (Å²) >= 11 is 0. The Morgan fingerprint density at radius 3 is 2.81 bits per heavy atom. The third kappa shape index (κ3) is 4.45. The molecule has 9 heteroatoms. The van der Waals surface area contributed by atoms with Crippen molar-refractivity contribution in [3.63, 3.8) is 0 Å². The number of nitrogens with one attached hydrogen (secondary N) is 4. The van der Waals surface area contributed by atoms with Crippen LogP contribution in [0.25, 0.3) is 0 Å².